The van der Waals surface area contributed by atoms with Crippen molar-refractivity contribution in [2.75, 3.05) is 24.9 Å². The smallest absolute Gasteiger partial charge is 0.263 e. The summed E-state index contributed by atoms with van der Waals surface area (Å²) in [5.41, 5.74) is 0.461. The van der Waals surface area contributed by atoms with E-state index in [1.807, 2.05) is 17.0 Å². The van der Waals surface area contributed by atoms with E-state index < -0.39 is 10.0 Å². The van der Waals surface area contributed by atoms with Crippen molar-refractivity contribution >= 4 is 43.0 Å². The summed E-state index contributed by atoms with van der Waals surface area (Å²) in [6.07, 6.45) is 3.27. The molecule has 1 aromatic heterocycles. The number of hydrogen-bond donors (Lipinski definition) is 1. The first-order valence-corrected chi connectivity index (χ1v) is 11.8. The minimum absolute atomic E-state index is 0.0614. The lowest BCUT2D eigenvalue weighted by Crippen LogP contribution is -2.35. The number of hydrogen-bond acceptors (Lipinski definition) is 5. The number of carbonyl (C=O) groups excluding carboxylic acids is 1. The molecule has 4 rings (SSSR count). The van der Waals surface area contributed by atoms with Crippen LogP contribution in [0.5, 0.6) is 5.75 Å². The van der Waals surface area contributed by atoms with Gasteiger partial charge in [0.25, 0.3) is 15.9 Å². The van der Waals surface area contributed by atoms with Crippen molar-refractivity contribution in [2.24, 2.45) is 0 Å². The molecule has 2 aromatic carbocycles. The van der Waals surface area contributed by atoms with Crippen LogP contribution in [0.1, 0.15) is 28.9 Å². The molecule has 6 nitrogen and oxygen atoms in total. The van der Waals surface area contributed by atoms with Gasteiger partial charge in [-0.25, -0.2) is 8.42 Å². The van der Waals surface area contributed by atoms with Gasteiger partial charge in [0, 0.05) is 23.5 Å². The highest BCUT2D eigenvalue weighted by Gasteiger charge is 2.20. The third kappa shape index (κ3) is 4.23. The van der Waals surface area contributed by atoms with Crippen molar-refractivity contribution in [3.05, 3.63) is 53.4 Å². The minimum atomic E-state index is -3.71. The SMILES string of the molecule is COc1ccc(S(=O)(=O)Nc2ccc3sc(C(=O)N4CCCCC4)cc3c2)cc1. The molecule has 0 saturated carbocycles. The molecule has 1 fully saturated rings. The number of anilines is 1. The van der Waals surface area contributed by atoms with Crippen LogP contribution in [-0.2, 0) is 10.0 Å². The second-order valence-electron chi connectivity index (χ2n) is 7.00. The number of fused-ring (bicyclic) bond motifs is 1. The summed E-state index contributed by atoms with van der Waals surface area (Å²) in [5.74, 6) is 0.654. The number of sulfonamides is 1. The lowest BCUT2D eigenvalue weighted by atomic mass is 10.1. The third-order valence-electron chi connectivity index (χ3n) is 4.99. The topological polar surface area (TPSA) is 75.7 Å². The summed E-state index contributed by atoms with van der Waals surface area (Å²) in [6, 6.07) is 13.4. The normalized spacial score (nSPS) is 14.7. The largest absolute Gasteiger partial charge is 0.497 e. The molecule has 0 bridgehead atoms. The van der Waals surface area contributed by atoms with Gasteiger partial charge in [-0.3, -0.25) is 9.52 Å². The number of methoxy groups -OCH3 is 1. The van der Waals surface area contributed by atoms with Gasteiger partial charge in [-0.15, -0.1) is 11.3 Å². The molecule has 152 valence electrons. The van der Waals surface area contributed by atoms with Crippen molar-refractivity contribution < 1.29 is 17.9 Å². The van der Waals surface area contributed by atoms with E-state index in [0.717, 1.165) is 36.0 Å². The van der Waals surface area contributed by atoms with Gasteiger partial charge in [-0.2, -0.15) is 0 Å². The van der Waals surface area contributed by atoms with E-state index in [0.29, 0.717) is 16.3 Å². The average Bonchev–Trinajstić information content (AvgIpc) is 3.17. The molecule has 2 heterocycles. The maximum atomic E-state index is 12.7. The molecular weight excluding hydrogens is 408 g/mol. The van der Waals surface area contributed by atoms with Gasteiger partial charge in [0.1, 0.15) is 5.75 Å². The quantitative estimate of drug-likeness (QED) is 0.653. The van der Waals surface area contributed by atoms with Crippen LogP contribution in [0, 0.1) is 0 Å². The highest BCUT2D eigenvalue weighted by atomic mass is 32.2. The van der Waals surface area contributed by atoms with E-state index in [9.17, 15) is 13.2 Å². The Morgan fingerprint density at radius 1 is 1.03 bits per heavy atom. The fourth-order valence-electron chi connectivity index (χ4n) is 3.43. The first-order valence-electron chi connectivity index (χ1n) is 9.46. The molecule has 1 amide bonds. The molecule has 0 radical (unpaired) electrons. The zero-order valence-corrected chi connectivity index (χ0v) is 17.7. The first kappa shape index (κ1) is 19.7. The van der Waals surface area contributed by atoms with E-state index in [2.05, 4.69) is 4.72 Å². The van der Waals surface area contributed by atoms with Crippen LogP contribution in [0.4, 0.5) is 5.69 Å². The zero-order valence-electron chi connectivity index (χ0n) is 16.1. The van der Waals surface area contributed by atoms with Gasteiger partial charge >= 0.3 is 0 Å². The van der Waals surface area contributed by atoms with E-state index >= 15 is 0 Å². The Morgan fingerprint density at radius 2 is 1.76 bits per heavy atom. The Kier molecular flexibility index (Phi) is 5.47. The Labute approximate surface area is 174 Å². The van der Waals surface area contributed by atoms with Gasteiger partial charge in [0.15, 0.2) is 0 Å². The number of nitrogens with zero attached hydrogens (tertiary/aromatic N) is 1. The van der Waals surface area contributed by atoms with E-state index in [1.54, 1.807) is 24.3 Å². The molecule has 0 spiro atoms. The van der Waals surface area contributed by atoms with Crippen molar-refractivity contribution in [1.29, 1.82) is 0 Å². The van der Waals surface area contributed by atoms with Crippen molar-refractivity contribution in [3.63, 3.8) is 0 Å². The molecule has 1 aliphatic rings. The Balaban J connectivity index is 1.56. The lowest BCUT2D eigenvalue weighted by Gasteiger charge is -2.26. The summed E-state index contributed by atoms with van der Waals surface area (Å²) >= 11 is 1.44. The van der Waals surface area contributed by atoms with Crippen molar-refractivity contribution in [3.8, 4) is 5.75 Å². The summed E-state index contributed by atoms with van der Waals surface area (Å²) in [5, 5.41) is 0.852. The second kappa shape index (κ2) is 8.04. The number of amides is 1. The fraction of sp³-hybridized carbons (Fsp3) is 0.286. The number of carbonyl (C=O) groups is 1. The number of benzene rings is 2. The molecule has 29 heavy (non-hydrogen) atoms. The monoisotopic (exact) mass is 430 g/mol. The Bertz CT molecular complexity index is 1130. The number of ether oxygens (including phenoxy) is 1. The van der Waals surface area contributed by atoms with Crippen LogP contribution in [0.15, 0.2) is 53.4 Å². The Hall–Kier alpha value is -2.58. The predicted molar refractivity (Wildman–Crippen MR) is 115 cm³/mol. The highest BCUT2D eigenvalue weighted by molar-refractivity contribution is 7.92. The summed E-state index contributed by atoms with van der Waals surface area (Å²) in [7, 11) is -2.18. The minimum Gasteiger partial charge on any atom is -0.497 e. The van der Waals surface area contributed by atoms with Crippen LogP contribution in [0.25, 0.3) is 10.1 Å². The maximum absolute atomic E-state index is 12.7. The summed E-state index contributed by atoms with van der Waals surface area (Å²) < 4.78 is 33.9. The zero-order chi connectivity index (χ0) is 20.4. The molecule has 0 unspecified atom stereocenters. The lowest BCUT2D eigenvalue weighted by molar-refractivity contribution is 0.0729. The number of thiophene rings is 1. The van der Waals surface area contributed by atoms with E-state index in [4.69, 9.17) is 4.74 Å². The van der Waals surface area contributed by atoms with Gasteiger partial charge in [-0.05, 0) is 73.2 Å². The predicted octanol–water partition coefficient (Wildman–Crippen LogP) is 4.34. The van der Waals surface area contributed by atoms with Crippen LogP contribution < -0.4 is 9.46 Å². The highest BCUT2D eigenvalue weighted by Crippen LogP contribution is 2.30. The number of piperidine rings is 1. The molecule has 0 atom stereocenters. The maximum Gasteiger partial charge on any atom is 0.263 e. The molecule has 1 saturated heterocycles. The van der Waals surface area contributed by atoms with Crippen LogP contribution in [-0.4, -0.2) is 39.4 Å². The average molecular weight is 431 g/mol. The molecule has 8 heteroatoms. The Morgan fingerprint density at radius 3 is 2.45 bits per heavy atom. The molecular formula is C21H22N2O4S2. The number of likely N-dealkylation sites (tertiary alicyclic amines) is 1. The molecule has 0 aliphatic carbocycles. The van der Waals surface area contributed by atoms with E-state index in [1.165, 1.54) is 37.0 Å². The van der Waals surface area contributed by atoms with E-state index in [-0.39, 0.29) is 10.8 Å². The van der Waals surface area contributed by atoms with Crippen LogP contribution in [0.3, 0.4) is 0 Å². The van der Waals surface area contributed by atoms with Crippen molar-refractivity contribution in [1.82, 2.24) is 4.90 Å². The van der Waals surface area contributed by atoms with Crippen LogP contribution >= 0.6 is 11.3 Å². The van der Waals surface area contributed by atoms with Gasteiger partial charge < -0.3 is 9.64 Å². The molecule has 3 aromatic rings. The van der Waals surface area contributed by atoms with Crippen molar-refractivity contribution in [2.45, 2.75) is 24.2 Å². The first-order chi connectivity index (χ1) is 14.0. The second-order valence-corrected chi connectivity index (χ2v) is 9.76. The molecule has 1 N–H and O–H groups in total. The van der Waals surface area contributed by atoms with Gasteiger partial charge in [-0.1, -0.05) is 0 Å². The number of nitrogens with one attached hydrogen (secondary N) is 1. The summed E-state index contributed by atoms with van der Waals surface area (Å²) in [4.78, 5) is 15.5. The van der Waals surface area contributed by atoms with Gasteiger partial charge in [0.2, 0.25) is 0 Å². The fourth-order valence-corrected chi connectivity index (χ4v) is 5.49. The van der Waals surface area contributed by atoms with Gasteiger partial charge in [0.05, 0.1) is 16.9 Å². The molecule has 1 aliphatic heterocycles. The van der Waals surface area contributed by atoms with Crippen LogP contribution in [0.2, 0.25) is 0 Å². The third-order valence-corrected chi connectivity index (χ3v) is 7.49. The standard InChI is InChI=1S/C21H22N2O4S2/c1-27-17-6-8-18(9-7-17)29(25,26)22-16-5-10-19-15(13-16)14-20(28-19)21(24)23-11-3-2-4-12-23/h5-10,13-14,22H,2-4,11-12H2,1H3. The summed E-state index contributed by atoms with van der Waals surface area (Å²) in [6.45, 7) is 1.61. The number of rotatable bonds is 5.